The van der Waals surface area contributed by atoms with Crippen molar-refractivity contribution in [1.29, 1.82) is 0 Å². The zero-order valence-electron chi connectivity index (χ0n) is 10.4. The van der Waals surface area contributed by atoms with E-state index in [0.29, 0.717) is 12.5 Å². The van der Waals surface area contributed by atoms with E-state index in [0.717, 1.165) is 13.1 Å². The minimum Gasteiger partial charge on any atom is -0.468 e. The Morgan fingerprint density at radius 1 is 1.50 bits per heavy atom. The van der Waals surface area contributed by atoms with Crippen molar-refractivity contribution in [3.05, 3.63) is 0 Å². The van der Waals surface area contributed by atoms with Crippen molar-refractivity contribution in [2.45, 2.75) is 51.1 Å². The van der Waals surface area contributed by atoms with E-state index in [4.69, 9.17) is 5.73 Å². The molecule has 0 spiro atoms. The summed E-state index contributed by atoms with van der Waals surface area (Å²) in [5.41, 5.74) is 5.73. The summed E-state index contributed by atoms with van der Waals surface area (Å²) in [6.45, 7) is 4.29. The summed E-state index contributed by atoms with van der Waals surface area (Å²) in [7, 11) is 1.39. The molecule has 2 N–H and O–H groups in total. The number of methoxy groups -OCH3 is 1. The summed E-state index contributed by atoms with van der Waals surface area (Å²) in [4.78, 5) is 13.6. The molecule has 1 aliphatic heterocycles. The molecular formula is C12H24N2O2. The van der Waals surface area contributed by atoms with Crippen molar-refractivity contribution in [1.82, 2.24) is 4.90 Å². The highest BCUT2D eigenvalue weighted by atomic mass is 16.5. The van der Waals surface area contributed by atoms with E-state index in [1.165, 1.54) is 32.8 Å². The van der Waals surface area contributed by atoms with Crippen molar-refractivity contribution in [2.75, 3.05) is 20.2 Å². The predicted molar refractivity (Wildman–Crippen MR) is 64.1 cm³/mol. The van der Waals surface area contributed by atoms with Gasteiger partial charge in [0.25, 0.3) is 0 Å². The van der Waals surface area contributed by atoms with Gasteiger partial charge in [0.15, 0.2) is 0 Å². The lowest BCUT2D eigenvalue weighted by Gasteiger charge is -2.27. The summed E-state index contributed by atoms with van der Waals surface area (Å²) in [6, 6.07) is 0.146. The number of carbonyl (C=O) groups is 1. The number of rotatable bonds is 4. The minimum absolute atomic E-state index is 0.303. The van der Waals surface area contributed by atoms with Crippen LogP contribution in [0.3, 0.4) is 0 Å². The van der Waals surface area contributed by atoms with Gasteiger partial charge in [-0.05, 0) is 32.7 Å². The number of esters is 1. The SMILES string of the molecule is COC(=O)C(N)CCN1CCCCCC1C. The van der Waals surface area contributed by atoms with Crippen LogP contribution in [0.4, 0.5) is 0 Å². The average Bonchev–Trinajstić information content (AvgIpc) is 2.50. The van der Waals surface area contributed by atoms with Crippen molar-refractivity contribution < 1.29 is 9.53 Å². The van der Waals surface area contributed by atoms with Crippen molar-refractivity contribution in [3.63, 3.8) is 0 Å². The van der Waals surface area contributed by atoms with Crippen LogP contribution in [0, 0.1) is 0 Å². The van der Waals surface area contributed by atoms with Crippen molar-refractivity contribution in [3.8, 4) is 0 Å². The number of hydrogen-bond acceptors (Lipinski definition) is 4. The van der Waals surface area contributed by atoms with E-state index in [-0.39, 0.29) is 5.97 Å². The number of nitrogens with two attached hydrogens (primary N) is 1. The van der Waals surface area contributed by atoms with Crippen molar-refractivity contribution in [2.24, 2.45) is 5.73 Å². The van der Waals surface area contributed by atoms with E-state index in [1.54, 1.807) is 0 Å². The van der Waals surface area contributed by atoms with Crippen LogP contribution in [0.2, 0.25) is 0 Å². The quantitative estimate of drug-likeness (QED) is 0.733. The van der Waals surface area contributed by atoms with E-state index in [1.807, 2.05) is 0 Å². The first kappa shape index (κ1) is 13.5. The molecule has 0 aromatic heterocycles. The van der Waals surface area contributed by atoms with Crippen LogP contribution in [0.1, 0.15) is 39.0 Å². The summed E-state index contributed by atoms with van der Waals surface area (Å²) in [5, 5.41) is 0. The van der Waals surface area contributed by atoms with Crippen LogP contribution in [0.5, 0.6) is 0 Å². The molecule has 0 bridgehead atoms. The van der Waals surface area contributed by atoms with Gasteiger partial charge in [-0.15, -0.1) is 0 Å². The van der Waals surface area contributed by atoms with Gasteiger partial charge < -0.3 is 15.4 Å². The molecule has 4 heteroatoms. The second-order valence-electron chi connectivity index (χ2n) is 4.65. The highest BCUT2D eigenvalue weighted by Gasteiger charge is 2.19. The summed E-state index contributed by atoms with van der Waals surface area (Å²) >= 11 is 0. The lowest BCUT2D eigenvalue weighted by molar-refractivity contribution is -0.142. The third-order valence-corrected chi connectivity index (χ3v) is 3.42. The molecule has 4 nitrogen and oxygen atoms in total. The fraction of sp³-hybridized carbons (Fsp3) is 0.917. The van der Waals surface area contributed by atoms with Crippen LogP contribution in [-0.4, -0.2) is 43.2 Å². The second kappa shape index (κ2) is 6.86. The Balaban J connectivity index is 2.32. The normalized spacial score (nSPS) is 24.8. The van der Waals surface area contributed by atoms with E-state index in [9.17, 15) is 4.79 Å². The van der Waals surface area contributed by atoms with Gasteiger partial charge in [0.05, 0.1) is 7.11 Å². The maximum atomic E-state index is 11.2. The number of ether oxygens (including phenoxy) is 1. The number of likely N-dealkylation sites (tertiary alicyclic amines) is 1. The molecule has 94 valence electrons. The molecule has 0 radical (unpaired) electrons. The Morgan fingerprint density at radius 2 is 2.25 bits per heavy atom. The largest absolute Gasteiger partial charge is 0.468 e. The topological polar surface area (TPSA) is 55.6 Å². The van der Waals surface area contributed by atoms with Crippen LogP contribution >= 0.6 is 0 Å². The molecule has 2 atom stereocenters. The highest BCUT2D eigenvalue weighted by Crippen LogP contribution is 2.16. The molecule has 0 aromatic carbocycles. The van der Waals surface area contributed by atoms with Gasteiger partial charge in [0.2, 0.25) is 0 Å². The molecule has 1 fully saturated rings. The van der Waals surface area contributed by atoms with Crippen LogP contribution in [0.25, 0.3) is 0 Å². The summed E-state index contributed by atoms with van der Waals surface area (Å²) in [6.07, 6.45) is 5.85. The van der Waals surface area contributed by atoms with Crippen LogP contribution in [0.15, 0.2) is 0 Å². The highest BCUT2D eigenvalue weighted by molar-refractivity contribution is 5.75. The maximum Gasteiger partial charge on any atom is 0.322 e. The molecule has 0 amide bonds. The fourth-order valence-electron chi connectivity index (χ4n) is 2.24. The van der Waals surface area contributed by atoms with Gasteiger partial charge >= 0.3 is 5.97 Å². The standard InChI is InChI=1S/C12H24N2O2/c1-10-6-4-3-5-8-14(10)9-7-11(13)12(15)16-2/h10-11H,3-9,13H2,1-2H3. The minimum atomic E-state index is -0.472. The van der Waals surface area contributed by atoms with Gasteiger partial charge in [0.1, 0.15) is 6.04 Å². The summed E-state index contributed by atoms with van der Waals surface area (Å²) in [5.74, 6) is -0.303. The molecule has 0 aliphatic carbocycles. The van der Waals surface area contributed by atoms with E-state index < -0.39 is 6.04 Å². The first-order valence-electron chi connectivity index (χ1n) is 6.22. The first-order chi connectivity index (χ1) is 7.65. The molecule has 16 heavy (non-hydrogen) atoms. The fourth-order valence-corrected chi connectivity index (χ4v) is 2.24. The molecular weight excluding hydrogens is 204 g/mol. The zero-order chi connectivity index (χ0) is 12.0. The first-order valence-corrected chi connectivity index (χ1v) is 6.22. The smallest absolute Gasteiger partial charge is 0.322 e. The summed E-state index contributed by atoms with van der Waals surface area (Å²) < 4.78 is 4.62. The average molecular weight is 228 g/mol. The predicted octanol–water partition coefficient (Wildman–Crippen LogP) is 1.14. The molecule has 1 rings (SSSR count). The molecule has 0 aromatic rings. The molecule has 1 heterocycles. The Hall–Kier alpha value is -0.610. The van der Waals surface area contributed by atoms with Crippen molar-refractivity contribution >= 4 is 5.97 Å². The van der Waals surface area contributed by atoms with E-state index >= 15 is 0 Å². The van der Waals surface area contributed by atoms with Gasteiger partial charge in [-0.3, -0.25) is 4.79 Å². The van der Waals surface area contributed by atoms with Gasteiger partial charge in [0, 0.05) is 12.6 Å². The molecule has 1 saturated heterocycles. The Kier molecular flexibility index (Phi) is 5.77. The van der Waals surface area contributed by atoms with Gasteiger partial charge in [-0.25, -0.2) is 0 Å². The Labute approximate surface area is 98.1 Å². The van der Waals surface area contributed by atoms with Crippen LogP contribution in [-0.2, 0) is 9.53 Å². The number of carbonyl (C=O) groups excluding carboxylic acids is 1. The second-order valence-corrected chi connectivity index (χ2v) is 4.65. The number of nitrogens with zero attached hydrogens (tertiary/aromatic N) is 1. The third-order valence-electron chi connectivity index (χ3n) is 3.42. The number of hydrogen-bond donors (Lipinski definition) is 1. The van der Waals surface area contributed by atoms with Crippen LogP contribution < -0.4 is 5.73 Å². The molecule has 2 unspecified atom stereocenters. The lowest BCUT2D eigenvalue weighted by Crippen LogP contribution is -2.39. The zero-order valence-corrected chi connectivity index (χ0v) is 10.4. The lowest BCUT2D eigenvalue weighted by atomic mass is 10.1. The third kappa shape index (κ3) is 4.10. The van der Waals surface area contributed by atoms with E-state index in [2.05, 4.69) is 16.6 Å². The monoisotopic (exact) mass is 228 g/mol. The Morgan fingerprint density at radius 3 is 2.94 bits per heavy atom. The maximum absolute atomic E-state index is 11.2. The van der Waals surface area contributed by atoms with Gasteiger partial charge in [-0.2, -0.15) is 0 Å². The molecule has 1 aliphatic rings. The van der Waals surface area contributed by atoms with Gasteiger partial charge in [-0.1, -0.05) is 12.8 Å². The Bertz CT molecular complexity index is 221. The molecule has 0 saturated carbocycles.